The van der Waals surface area contributed by atoms with Crippen LogP contribution in [0.1, 0.15) is 22.8 Å². The SMILES string of the molecule is CCOc1cc(C=O)ccc1OCC(=O)N1CCN(Cc2ccc(Cl)cc2)CC1. The Morgan fingerprint density at radius 2 is 1.76 bits per heavy atom. The van der Waals surface area contributed by atoms with Crippen molar-refractivity contribution in [2.75, 3.05) is 39.4 Å². The molecule has 1 saturated heterocycles. The molecule has 0 aliphatic carbocycles. The number of hydrogen-bond donors (Lipinski definition) is 0. The lowest BCUT2D eigenvalue weighted by Gasteiger charge is -2.34. The maximum atomic E-state index is 12.5. The van der Waals surface area contributed by atoms with Crippen molar-refractivity contribution in [2.45, 2.75) is 13.5 Å². The molecule has 29 heavy (non-hydrogen) atoms. The van der Waals surface area contributed by atoms with E-state index in [2.05, 4.69) is 4.90 Å². The quantitative estimate of drug-likeness (QED) is 0.618. The van der Waals surface area contributed by atoms with Gasteiger partial charge in [0.15, 0.2) is 18.1 Å². The number of nitrogens with zero attached hydrogens (tertiary/aromatic N) is 2. The van der Waals surface area contributed by atoms with Gasteiger partial charge in [-0.15, -0.1) is 0 Å². The van der Waals surface area contributed by atoms with E-state index in [1.165, 1.54) is 5.56 Å². The van der Waals surface area contributed by atoms with Gasteiger partial charge in [0.2, 0.25) is 0 Å². The van der Waals surface area contributed by atoms with Crippen molar-refractivity contribution >= 4 is 23.8 Å². The van der Waals surface area contributed by atoms with Crippen LogP contribution in [0.15, 0.2) is 42.5 Å². The van der Waals surface area contributed by atoms with Crippen LogP contribution in [0.25, 0.3) is 0 Å². The van der Waals surface area contributed by atoms with Crippen LogP contribution in [-0.4, -0.2) is 61.4 Å². The van der Waals surface area contributed by atoms with Crippen molar-refractivity contribution in [3.8, 4) is 11.5 Å². The third kappa shape index (κ3) is 5.95. The predicted octanol–water partition coefficient (Wildman–Crippen LogP) is 3.27. The van der Waals surface area contributed by atoms with Gasteiger partial charge in [-0.1, -0.05) is 23.7 Å². The summed E-state index contributed by atoms with van der Waals surface area (Å²) < 4.78 is 11.2. The summed E-state index contributed by atoms with van der Waals surface area (Å²) in [5, 5.41) is 0.734. The van der Waals surface area contributed by atoms with Gasteiger partial charge in [-0.2, -0.15) is 0 Å². The fourth-order valence-electron chi connectivity index (χ4n) is 3.22. The van der Waals surface area contributed by atoms with Crippen LogP contribution in [0.4, 0.5) is 0 Å². The van der Waals surface area contributed by atoms with Crippen LogP contribution >= 0.6 is 11.6 Å². The van der Waals surface area contributed by atoms with Gasteiger partial charge < -0.3 is 14.4 Å². The van der Waals surface area contributed by atoms with Gasteiger partial charge >= 0.3 is 0 Å². The van der Waals surface area contributed by atoms with Crippen molar-refractivity contribution in [3.05, 3.63) is 58.6 Å². The lowest BCUT2D eigenvalue weighted by molar-refractivity contribution is -0.135. The Labute approximate surface area is 176 Å². The highest BCUT2D eigenvalue weighted by molar-refractivity contribution is 6.30. The van der Waals surface area contributed by atoms with Gasteiger partial charge in [0.1, 0.15) is 6.29 Å². The Morgan fingerprint density at radius 3 is 2.41 bits per heavy atom. The highest BCUT2D eigenvalue weighted by Gasteiger charge is 2.22. The van der Waals surface area contributed by atoms with Crippen molar-refractivity contribution in [1.29, 1.82) is 0 Å². The summed E-state index contributed by atoms with van der Waals surface area (Å²) in [6.45, 7) is 6.04. The lowest BCUT2D eigenvalue weighted by Crippen LogP contribution is -2.49. The van der Waals surface area contributed by atoms with Crippen LogP contribution in [-0.2, 0) is 11.3 Å². The molecule has 0 spiro atoms. The Hall–Kier alpha value is -2.57. The van der Waals surface area contributed by atoms with Gasteiger partial charge in [-0.25, -0.2) is 0 Å². The number of aldehydes is 1. The van der Waals surface area contributed by atoms with E-state index in [1.54, 1.807) is 18.2 Å². The van der Waals surface area contributed by atoms with Crippen LogP contribution in [0.3, 0.4) is 0 Å². The molecule has 2 aromatic carbocycles. The smallest absolute Gasteiger partial charge is 0.260 e. The third-order valence-corrected chi connectivity index (χ3v) is 5.05. The van der Waals surface area contributed by atoms with Crippen LogP contribution in [0.5, 0.6) is 11.5 Å². The van der Waals surface area contributed by atoms with Gasteiger partial charge in [-0.05, 0) is 42.8 Å². The second-order valence-electron chi connectivity index (χ2n) is 6.83. The highest BCUT2D eigenvalue weighted by atomic mass is 35.5. The van der Waals surface area contributed by atoms with Crippen LogP contribution in [0, 0.1) is 0 Å². The second-order valence-corrected chi connectivity index (χ2v) is 7.27. The molecule has 1 aliphatic rings. The third-order valence-electron chi connectivity index (χ3n) is 4.80. The Morgan fingerprint density at radius 1 is 1.03 bits per heavy atom. The molecule has 1 heterocycles. The van der Waals surface area contributed by atoms with Gasteiger partial charge in [0.05, 0.1) is 6.61 Å². The number of hydrogen-bond acceptors (Lipinski definition) is 5. The molecule has 0 N–H and O–H groups in total. The number of amides is 1. The van der Waals surface area contributed by atoms with E-state index in [0.717, 1.165) is 30.9 Å². The zero-order chi connectivity index (χ0) is 20.6. The van der Waals surface area contributed by atoms with E-state index in [4.69, 9.17) is 21.1 Å². The molecule has 2 aromatic rings. The summed E-state index contributed by atoms with van der Waals surface area (Å²) in [5.41, 5.74) is 1.71. The van der Waals surface area contributed by atoms with Gasteiger partial charge in [0, 0.05) is 43.3 Å². The minimum atomic E-state index is -0.0578. The number of benzene rings is 2. The van der Waals surface area contributed by atoms with Crippen molar-refractivity contribution in [3.63, 3.8) is 0 Å². The summed E-state index contributed by atoms with van der Waals surface area (Å²) in [5.74, 6) is 0.878. The zero-order valence-corrected chi connectivity index (χ0v) is 17.2. The molecule has 154 valence electrons. The molecule has 1 fully saturated rings. The molecule has 0 aromatic heterocycles. The molecule has 1 amide bonds. The van der Waals surface area contributed by atoms with E-state index in [0.29, 0.717) is 36.8 Å². The predicted molar refractivity (Wildman–Crippen MR) is 112 cm³/mol. The van der Waals surface area contributed by atoms with E-state index < -0.39 is 0 Å². The van der Waals surface area contributed by atoms with Crippen LogP contribution < -0.4 is 9.47 Å². The normalized spacial score (nSPS) is 14.5. The Balaban J connectivity index is 1.48. The fourth-order valence-corrected chi connectivity index (χ4v) is 3.35. The second kappa shape index (κ2) is 10.3. The molecule has 0 bridgehead atoms. The number of halogens is 1. The molecule has 0 atom stereocenters. The number of ether oxygens (including phenoxy) is 2. The summed E-state index contributed by atoms with van der Waals surface area (Å²) in [6, 6.07) is 12.8. The first-order valence-corrected chi connectivity index (χ1v) is 10.1. The molecule has 7 heteroatoms. The van der Waals surface area contributed by atoms with E-state index in [9.17, 15) is 9.59 Å². The van der Waals surface area contributed by atoms with Crippen molar-refractivity contribution in [1.82, 2.24) is 9.80 Å². The minimum Gasteiger partial charge on any atom is -0.490 e. The van der Waals surface area contributed by atoms with E-state index in [-0.39, 0.29) is 12.5 Å². The number of carbonyl (C=O) groups is 2. The molecule has 3 rings (SSSR count). The molecule has 0 saturated carbocycles. The number of piperazine rings is 1. The molecule has 6 nitrogen and oxygen atoms in total. The summed E-state index contributed by atoms with van der Waals surface area (Å²) >= 11 is 5.93. The molecule has 0 unspecified atom stereocenters. The standard InChI is InChI=1S/C22H25ClN2O4/c1-2-28-21-13-18(15-26)5-8-20(21)29-16-22(27)25-11-9-24(10-12-25)14-17-3-6-19(23)7-4-17/h3-8,13,15H,2,9-12,14,16H2,1H3. The summed E-state index contributed by atoms with van der Waals surface area (Å²) in [4.78, 5) is 27.6. The van der Waals surface area contributed by atoms with Gasteiger partial charge in [-0.3, -0.25) is 14.5 Å². The van der Waals surface area contributed by atoms with E-state index >= 15 is 0 Å². The zero-order valence-electron chi connectivity index (χ0n) is 16.5. The molecule has 1 aliphatic heterocycles. The number of carbonyl (C=O) groups excluding carboxylic acids is 2. The molecule has 0 radical (unpaired) electrons. The Bertz CT molecular complexity index is 833. The maximum Gasteiger partial charge on any atom is 0.260 e. The highest BCUT2D eigenvalue weighted by Crippen LogP contribution is 2.28. The van der Waals surface area contributed by atoms with Crippen molar-refractivity contribution < 1.29 is 19.1 Å². The topological polar surface area (TPSA) is 59.1 Å². The first-order valence-electron chi connectivity index (χ1n) is 9.68. The summed E-state index contributed by atoms with van der Waals surface area (Å²) in [6.07, 6.45) is 0.751. The van der Waals surface area contributed by atoms with Crippen molar-refractivity contribution in [2.24, 2.45) is 0 Å². The maximum absolute atomic E-state index is 12.5. The average Bonchev–Trinajstić information content (AvgIpc) is 2.75. The monoisotopic (exact) mass is 416 g/mol. The van der Waals surface area contributed by atoms with Gasteiger partial charge in [0.25, 0.3) is 5.91 Å². The summed E-state index contributed by atoms with van der Waals surface area (Å²) in [7, 11) is 0. The first-order chi connectivity index (χ1) is 14.1. The van der Waals surface area contributed by atoms with E-state index in [1.807, 2.05) is 36.1 Å². The Kier molecular flexibility index (Phi) is 7.49. The number of rotatable bonds is 8. The lowest BCUT2D eigenvalue weighted by atomic mass is 10.2. The molecular weight excluding hydrogens is 392 g/mol. The minimum absolute atomic E-state index is 0.0574. The van der Waals surface area contributed by atoms with Crippen LogP contribution in [0.2, 0.25) is 5.02 Å². The molecular formula is C22H25ClN2O4. The fraction of sp³-hybridized carbons (Fsp3) is 0.364. The average molecular weight is 417 g/mol. The first kappa shape index (κ1) is 21.1. The largest absolute Gasteiger partial charge is 0.490 e.